The summed E-state index contributed by atoms with van der Waals surface area (Å²) in [5, 5.41) is 4.03. The predicted octanol–water partition coefficient (Wildman–Crippen LogP) is 3.00. The molecule has 1 atom stereocenters. The number of rotatable bonds is 7. The fourth-order valence-corrected chi connectivity index (χ4v) is 3.08. The Kier molecular flexibility index (Phi) is 5.38. The highest BCUT2D eigenvalue weighted by atomic mass is 32.2. The zero-order valence-corrected chi connectivity index (χ0v) is 14.4. The summed E-state index contributed by atoms with van der Waals surface area (Å²) < 4.78 is 34.3. The van der Waals surface area contributed by atoms with E-state index in [0.717, 1.165) is 15.5 Å². The highest BCUT2D eigenvalue weighted by Gasteiger charge is 2.22. The molecule has 0 radical (unpaired) electrons. The number of Topliss-reactive ketones (excluding diaryl/α,β-unsaturated/α-hetero) is 1. The molecule has 0 aliphatic heterocycles. The maximum Gasteiger partial charge on any atom is 0.279 e. The number of hydrogen-bond acceptors (Lipinski definition) is 4. The van der Waals surface area contributed by atoms with Gasteiger partial charge in [0.15, 0.2) is 0 Å². The van der Waals surface area contributed by atoms with Gasteiger partial charge in [-0.2, -0.15) is 17.9 Å². The lowest BCUT2D eigenvalue weighted by molar-refractivity contribution is -0.117. The van der Waals surface area contributed by atoms with Crippen LogP contribution in [0.3, 0.4) is 0 Å². The summed E-state index contributed by atoms with van der Waals surface area (Å²) in [4.78, 5) is 11.5. The molecule has 2 aromatic carbocycles. The lowest BCUT2D eigenvalue weighted by Crippen LogP contribution is -2.28. The monoisotopic (exact) mass is 345 g/mol. The summed E-state index contributed by atoms with van der Waals surface area (Å²) in [6, 6.07) is 15.4. The summed E-state index contributed by atoms with van der Waals surface area (Å²) in [6.07, 6.45) is 0.201. The van der Waals surface area contributed by atoms with E-state index in [1.165, 1.54) is 25.3 Å². The number of hydrogen-bond donors (Lipinski definition) is 0. The van der Waals surface area contributed by atoms with Crippen molar-refractivity contribution >= 4 is 22.0 Å². The molecular weight excluding hydrogens is 324 g/mol. The van der Waals surface area contributed by atoms with Crippen molar-refractivity contribution in [2.45, 2.75) is 25.1 Å². The molecule has 0 amide bonds. The first-order valence-corrected chi connectivity index (χ1v) is 8.86. The van der Waals surface area contributed by atoms with Crippen molar-refractivity contribution in [2.24, 2.45) is 5.10 Å². The summed E-state index contributed by atoms with van der Waals surface area (Å²) >= 11 is 0. The molecule has 0 saturated carbocycles. The molecule has 0 heterocycles. The second-order valence-corrected chi connectivity index (χ2v) is 7.14. The molecule has 0 aliphatic carbocycles. The van der Waals surface area contributed by atoms with Crippen LogP contribution in [0.1, 0.15) is 25.8 Å². The fraction of sp³-hybridized carbons (Fsp3) is 0.222. The first kappa shape index (κ1) is 16.4. The third kappa shape index (κ3) is 4.76. The van der Waals surface area contributed by atoms with Crippen LogP contribution in [-0.4, -0.2) is 31.4 Å². The van der Waals surface area contributed by atoms with Gasteiger partial charge >= 0.3 is 0 Å². The van der Waals surface area contributed by atoms with Gasteiger partial charge < -0.3 is 0 Å². The van der Waals surface area contributed by atoms with Crippen LogP contribution < -0.4 is 0 Å². The standard InChI is InChI=1S/C18H20N2O3S/c1-15-8-10-18(11-9-15)24(22,23)20(13-12-16(2)21)19-14-17-6-4-3-5-7-17/h3-11,14H,12-13H2,1-2H3/b19-14-/i12D. The third-order valence-electron chi connectivity index (χ3n) is 3.27. The maximum absolute atomic E-state index is 12.8. The van der Waals surface area contributed by atoms with E-state index in [1.54, 1.807) is 24.3 Å². The van der Waals surface area contributed by atoms with E-state index in [0.29, 0.717) is 0 Å². The van der Waals surface area contributed by atoms with Gasteiger partial charge in [-0.05, 0) is 31.5 Å². The number of sulfonamides is 1. The number of carbonyl (C=O) groups excluding carboxylic acids is 1. The molecule has 0 bridgehead atoms. The minimum Gasteiger partial charge on any atom is -0.300 e. The molecule has 0 saturated heterocycles. The molecule has 0 aliphatic rings. The zero-order valence-electron chi connectivity index (χ0n) is 14.6. The van der Waals surface area contributed by atoms with Crippen molar-refractivity contribution < 1.29 is 14.6 Å². The van der Waals surface area contributed by atoms with Gasteiger partial charge in [0.05, 0.1) is 17.7 Å². The van der Waals surface area contributed by atoms with E-state index in [2.05, 4.69) is 5.10 Å². The van der Waals surface area contributed by atoms with Crippen LogP contribution in [0.5, 0.6) is 0 Å². The normalized spacial score (nSPS) is 13.5. The van der Waals surface area contributed by atoms with E-state index in [1.807, 2.05) is 25.1 Å². The first-order valence-electron chi connectivity index (χ1n) is 7.99. The van der Waals surface area contributed by atoms with Gasteiger partial charge in [0.25, 0.3) is 10.0 Å². The van der Waals surface area contributed by atoms with Gasteiger partial charge in [-0.25, -0.2) is 0 Å². The Morgan fingerprint density at radius 1 is 1.17 bits per heavy atom. The smallest absolute Gasteiger partial charge is 0.279 e. The Labute approximate surface area is 144 Å². The molecule has 2 rings (SSSR count). The highest BCUT2D eigenvalue weighted by Crippen LogP contribution is 2.17. The van der Waals surface area contributed by atoms with E-state index in [9.17, 15) is 13.2 Å². The molecule has 0 aromatic heterocycles. The number of ketones is 1. The third-order valence-corrected chi connectivity index (χ3v) is 4.93. The number of nitrogens with zero attached hydrogens (tertiary/aromatic N) is 2. The summed E-state index contributed by atoms with van der Waals surface area (Å²) in [7, 11) is -3.95. The Morgan fingerprint density at radius 2 is 1.79 bits per heavy atom. The highest BCUT2D eigenvalue weighted by molar-refractivity contribution is 7.89. The van der Waals surface area contributed by atoms with E-state index in [-0.39, 0.29) is 11.4 Å². The second-order valence-electron chi connectivity index (χ2n) is 5.29. The minimum absolute atomic E-state index is 0.0686. The molecule has 1 unspecified atom stereocenters. The number of aryl methyl sites for hydroxylation is 1. The van der Waals surface area contributed by atoms with Gasteiger partial charge in [0.1, 0.15) is 5.78 Å². The number of benzene rings is 2. The number of hydrazone groups is 1. The predicted molar refractivity (Wildman–Crippen MR) is 94.4 cm³/mol. The van der Waals surface area contributed by atoms with Gasteiger partial charge in [0, 0.05) is 7.77 Å². The molecule has 0 spiro atoms. The minimum atomic E-state index is -3.95. The Hall–Kier alpha value is -2.47. The molecule has 0 N–H and O–H groups in total. The van der Waals surface area contributed by atoms with Gasteiger partial charge in [0.2, 0.25) is 0 Å². The first-order chi connectivity index (χ1) is 11.8. The van der Waals surface area contributed by atoms with Crippen LogP contribution in [-0.2, 0) is 14.8 Å². The van der Waals surface area contributed by atoms with Crippen LogP contribution in [0, 0.1) is 6.92 Å². The van der Waals surface area contributed by atoms with E-state index in [4.69, 9.17) is 1.37 Å². The number of carbonyl (C=O) groups is 1. The quantitative estimate of drug-likeness (QED) is 0.572. The maximum atomic E-state index is 12.8. The SMILES string of the molecule is [2H]C(CN(/N=C\c1ccccc1)S(=O)(=O)c1ccc(C)cc1)C(C)=O. The summed E-state index contributed by atoms with van der Waals surface area (Å²) in [5.41, 5.74) is 1.65. The Bertz CT molecular complexity index is 850. The van der Waals surface area contributed by atoms with E-state index >= 15 is 0 Å². The van der Waals surface area contributed by atoms with Crippen LogP contribution in [0.15, 0.2) is 64.6 Å². The van der Waals surface area contributed by atoms with Crippen molar-refractivity contribution in [1.29, 1.82) is 0 Å². The largest absolute Gasteiger partial charge is 0.300 e. The Balaban J connectivity index is 2.37. The van der Waals surface area contributed by atoms with Crippen LogP contribution in [0.4, 0.5) is 0 Å². The molecule has 0 fully saturated rings. The van der Waals surface area contributed by atoms with Gasteiger partial charge in [-0.1, -0.05) is 48.0 Å². The molecule has 24 heavy (non-hydrogen) atoms. The van der Waals surface area contributed by atoms with Crippen LogP contribution in [0.25, 0.3) is 0 Å². The van der Waals surface area contributed by atoms with Crippen molar-refractivity contribution in [3.63, 3.8) is 0 Å². The molecule has 6 heteroatoms. The Morgan fingerprint density at radius 3 is 2.38 bits per heavy atom. The lowest BCUT2D eigenvalue weighted by Gasteiger charge is -2.18. The average molecular weight is 345 g/mol. The lowest BCUT2D eigenvalue weighted by atomic mass is 10.2. The molecular formula is C18H20N2O3S. The summed E-state index contributed by atoms with van der Waals surface area (Å²) in [5.74, 6) is -0.418. The van der Waals surface area contributed by atoms with Crippen molar-refractivity contribution in [2.75, 3.05) is 6.54 Å². The van der Waals surface area contributed by atoms with Gasteiger partial charge in [-0.3, -0.25) is 4.79 Å². The summed E-state index contributed by atoms with van der Waals surface area (Å²) in [6.45, 7) is 2.78. The topological polar surface area (TPSA) is 66.8 Å². The van der Waals surface area contributed by atoms with Crippen LogP contribution >= 0.6 is 0 Å². The molecule has 126 valence electrons. The van der Waals surface area contributed by atoms with E-state index < -0.39 is 22.2 Å². The second kappa shape index (κ2) is 7.88. The zero-order chi connectivity index (χ0) is 18.4. The van der Waals surface area contributed by atoms with Crippen molar-refractivity contribution in [1.82, 2.24) is 4.41 Å². The average Bonchev–Trinajstić information content (AvgIpc) is 2.59. The molecule has 5 nitrogen and oxygen atoms in total. The van der Waals surface area contributed by atoms with Gasteiger partial charge in [-0.15, -0.1) is 0 Å². The fourth-order valence-electron chi connectivity index (χ4n) is 1.92. The van der Waals surface area contributed by atoms with Crippen molar-refractivity contribution in [3.8, 4) is 0 Å². The van der Waals surface area contributed by atoms with Crippen LogP contribution in [0.2, 0.25) is 0 Å². The molecule has 2 aromatic rings. The van der Waals surface area contributed by atoms with Crippen molar-refractivity contribution in [3.05, 3.63) is 65.7 Å².